The first-order valence-electron chi connectivity index (χ1n) is 5.26. The predicted octanol–water partition coefficient (Wildman–Crippen LogP) is 1.88. The zero-order valence-corrected chi connectivity index (χ0v) is 9.93. The first-order chi connectivity index (χ1) is 8.31. The van der Waals surface area contributed by atoms with Crippen molar-refractivity contribution in [3.63, 3.8) is 0 Å². The lowest BCUT2D eigenvalue weighted by molar-refractivity contribution is 0.538. The quantitative estimate of drug-likeness (QED) is 0.641. The standard InChI is InChI=1S/C12H13ClN4/c13-10-2-1-5-16-12(10)11(17-14)8-9-3-6-15-7-4-9/h1-7,11,17H,8,14H2. The van der Waals surface area contributed by atoms with Crippen molar-refractivity contribution in [2.24, 2.45) is 5.84 Å². The van der Waals surface area contributed by atoms with Gasteiger partial charge < -0.3 is 0 Å². The van der Waals surface area contributed by atoms with Crippen molar-refractivity contribution in [2.75, 3.05) is 0 Å². The van der Waals surface area contributed by atoms with Crippen LogP contribution in [0.15, 0.2) is 42.9 Å². The van der Waals surface area contributed by atoms with Crippen LogP contribution in [0.3, 0.4) is 0 Å². The van der Waals surface area contributed by atoms with Crippen LogP contribution < -0.4 is 11.3 Å². The Labute approximate surface area is 105 Å². The van der Waals surface area contributed by atoms with E-state index < -0.39 is 0 Å². The van der Waals surface area contributed by atoms with E-state index in [0.717, 1.165) is 17.7 Å². The van der Waals surface area contributed by atoms with Crippen LogP contribution in [0.25, 0.3) is 0 Å². The Morgan fingerprint density at radius 3 is 2.65 bits per heavy atom. The van der Waals surface area contributed by atoms with Gasteiger partial charge in [-0.3, -0.25) is 21.2 Å². The Morgan fingerprint density at radius 1 is 1.24 bits per heavy atom. The summed E-state index contributed by atoms with van der Waals surface area (Å²) < 4.78 is 0. The summed E-state index contributed by atoms with van der Waals surface area (Å²) in [6.07, 6.45) is 5.93. The number of hydrogen-bond donors (Lipinski definition) is 2. The highest BCUT2D eigenvalue weighted by Gasteiger charge is 2.14. The normalized spacial score (nSPS) is 12.4. The zero-order chi connectivity index (χ0) is 12.1. The first-order valence-corrected chi connectivity index (χ1v) is 5.64. The molecule has 2 aromatic heterocycles. The average molecular weight is 249 g/mol. The summed E-state index contributed by atoms with van der Waals surface area (Å²) in [4.78, 5) is 8.23. The van der Waals surface area contributed by atoms with Gasteiger partial charge in [0.1, 0.15) is 0 Å². The van der Waals surface area contributed by atoms with Crippen LogP contribution >= 0.6 is 11.6 Å². The minimum Gasteiger partial charge on any atom is -0.271 e. The highest BCUT2D eigenvalue weighted by atomic mass is 35.5. The monoisotopic (exact) mass is 248 g/mol. The predicted molar refractivity (Wildman–Crippen MR) is 67.3 cm³/mol. The van der Waals surface area contributed by atoms with Crippen molar-refractivity contribution in [3.8, 4) is 0 Å². The number of nitrogens with two attached hydrogens (primary N) is 1. The average Bonchev–Trinajstić information content (AvgIpc) is 2.38. The van der Waals surface area contributed by atoms with Crippen molar-refractivity contribution in [3.05, 3.63) is 59.1 Å². The molecule has 0 spiro atoms. The first kappa shape index (κ1) is 12.0. The fraction of sp³-hybridized carbons (Fsp3) is 0.167. The van der Waals surface area contributed by atoms with Crippen molar-refractivity contribution in [2.45, 2.75) is 12.5 Å². The van der Waals surface area contributed by atoms with Crippen LogP contribution in [0.5, 0.6) is 0 Å². The van der Waals surface area contributed by atoms with Crippen molar-refractivity contribution >= 4 is 11.6 Å². The highest BCUT2D eigenvalue weighted by molar-refractivity contribution is 6.31. The summed E-state index contributed by atoms with van der Waals surface area (Å²) >= 11 is 6.09. The van der Waals surface area contributed by atoms with Gasteiger partial charge in [-0.25, -0.2) is 0 Å². The van der Waals surface area contributed by atoms with Crippen LogP contribution in [0, 0.1) is 0 Å². The number of halogens is 1. The minimum absolute atomic E-state index is 0.105. The molecule has 2 heterocycles. The van der Waals surface area contributed by atoms with Gasteiger partial charge in [-0.1, -0.05) is 11.6 Å². The molecule has 3 N–H and O–H groups in total. The molecule has 2 aromatic rings. The van der Waals surface area contributed by atoms with Crippen LogP contribution in [0.2, 0.25) is 5.02 Å². The smallest absolute Gasteiger partial charge is 0.0775 e. The van der Waals surface area contributed by atoms with Gasteiger partial charge in [-0.05, 0) is 36.2 Å². The molecule has 4 nitrogen and oxygen atoms in total. The molecule has 0 aliphatic carbocycles. The van der Waals surface area contributed by atoms with Gasteiger partial charge in [0.05, 0.1) is 16.8 Å². The van der Waals surface area contributed by atoms with E-state index in [9.17, 15) is 0 Å². The second-order valence-electron chi connectivity index (χ2n) is 3.65. The molecule has 0 aromatic carbocycles. The molecular weight excluding hydrogens is 236 g/mol. The Kier molecular flexibility index (Phi) is 4.03. The fourth-order valence-electron chi connectivity index (χ4n) is 1.64. The SMILES string of the molecule is NNC(Cc1ccncc1)c1ncccc1Cl. The molecule has 1 atom stereocenters. The van der Waals surface area contributed by atoms with Gasteiger partial charge in [-0.2, -0.15) is 0 Å². The van der Waals surface area contributed by atoms with Gasteiger partial charge in [0, 0.05) is 18.6 Å². The van der Waals surface area contributed by atoms with E-state index in [1.165, 1.54) is 0 Å². The molecule has 0 amide bonds. The third-order valence-electron chi connectivity index (χ3n) is 2.51. The number of hydrogen-bond acceptors (Lipinski definition) is 4. The lowest BCUT2D eigenvalue weighted by Gasteiger charge is -2.16. The topological polar surface area (TPSA) is 63.8 Å². The minimum atomic E-state index is -0.105. The second-order valence-corrected chi connectivity index (χ2v) is 4.06. The van der Waals surface area contributed by atoms with E-state index in [-0.39, 0.29) is 6.04 Å². The van der Waals surface area contributed by atoms with Gasteiger partial charge in [-0.15, -0.1) is 0 Å². The molecule has 0 fully saturated rings. The van der Waals surface area contributed by atoms with E-state index >= 15 is 0 Å². The molecule has 17 heavy (non-hydrogen) atoms. The molecule has 0 aliphatic heterocycles. The fourth-order valence-corrected chi connectivity index (χ4v) is 1.90. The molecule has 5 heteroatoms. The van der Waals surface area contributed by atoms with Crippen molar-refractivity contribution < 1.29 is 0 Å². The molecule has 0 aliphatic rings. The number of nitrogens with zero attached hydrogens (tertiary/aromatic N) is 2. The molecule has 0 saturated carbocycles. The summed E-state index contributed by atoms with van der Waals surface area (Å²) in [5, 5.41) is 0.615. The van der Waals surface area contributed by atoms with E-state index in [4.69, 9.17) is 17.4 Å². The van der Waals surface area contributed by atoms with Crippen LogP contribution in [0.1, 0.15) is 17.3 Å². The van der Waals surface area contributed by atoms with Crippen molar-refractivity contribution in [1.82, 2.24) is 15.4 Å². The van der Waals surface area contributed by atoms with E-state index in [2.05, 4.69) is 15.4 Å². The summed E-state index contributed by atoms with van der Waals surface area (Å²) in [7, 11) is 0. The largest absolute Gasteiger partial charge is 0.271 e. The molecule has 1 unspecified atom stereocenters. The summed E-state index contributed by atoms with van der Waals surface area (Å²) in [5.74, 6) is 5.56. The van der Waals surface area contributed by atoms with Crippen molar-refractivity contribution in [1.29, 1.82) is 0 Å². The summed E-state index contributed by atoms with van der Waals surface area (Å²) in [5.41, 5.74) is 4.63. The Hall–Kier alpha value is -1.49. The van der Waals surface area contributed by atoms with Crippen LogP contribution in [-0.4, -0.2) is 9.97 Å². The van der Waals surface area contributed by atoms with Gasteiger partial charge in [0.15, 0.2) is 0 Å². The number of aromatic nitrogens is 2. The maximum absolute atomic E-state index is 6.09. The molecular formula is C12H13ClN4. The lowest BCUT2D eigenvalue weighted by atomic mass is 10.0. The maximum atomic E-state index is 6.09. The molecule has 0 radical (unpaired) electrons. The van der Waals surface area contributed by atoms with Gasteiger partial charge in [0.2, 0.25) is 0 Å². The zero-order valence-electron chi connectivity index (χ0n) is 9.18. The van der Waals surface area contributed by atoms with Gasteiger partial charge >= 0.3 is 0 Å². The molecule has 0 bridgehead atoms. The lowest BCUT2D eigenvalue weighted by Crippen LogP contribution is -2.30. The highest BCUT2D eigenvalue weighted by Crippen LogP contribution is 2.22. The van der Waals surface area contributed by atoms with Gasteiger partial charge in [0.25, 0.3) is 0 Å². The summed E-state index contributed by atoms with van der Waals surface area (Å²) in [6.45, 7) is 0. The molecule has 88 valence electrons. The number of hydrazine groups is 1. The Bertz CT molecular complexity index is 475. The van der Waals surface area contributed by atoms with E-state index in [0.29, 0.717) is 5.02 Å². The number of nitrogens with one attached hydrogen (secondary N) is 1. The maximum Gasteiger partial charge on any atom is 0.0775 e. The third kappa shape index (κ3) is 3.00. The van der Waals surface area contributed by atoms with Crippen LogP contribution in [0.4, 0.5) is 0 Å². The Balaban J connectivity index is 2.21. The number of rotatable bonds is 4. The molecule has 0 saturated heterocycles. The second kappa shape index (κ2) is 5.72. The summed E-state index contributed by atoms with van der Waals surface area (Å²) in [6, 6.07) is 7.39. The van der Waals surface area contributed by atoms with E-state index in [1.54, 1.807) is 30.7 Å². The third-order valence-corrected chi connectivity index (χ3v) is 2.83. The van der Waals surface area contributed by atoms with Crippen LogP contribution in [-0.2, 0) is 6.42 Å². The molecule has 2 rings (SSSR count). The number of pyridine rings is 2. The van der Waals surface area contributed by atoms with E-state index in [1.807, 2.05) is 12.1 Å². The Morgan fingerprint density at radius 2 is 2.00 bits per heavy atom.